The number of benzene rings is 2. The third kappa shape index (κ3) is 1.12. The Morgan fingerprint density at radius 1 is 1.05 bits per heavy atom. The van der Waals surface area contributed by atoms with E-state index in [4.69, 9.17) is 0 Å². The van der Waals surface area contributed by atoms with Gasteiger partial charge >= 0.3 is 0 Å². The third-order valence-corrected chi connectivity index (χ3v) is 5.67. The summed E-state index contributed by atoms with van der Waals surface area (Å²) in [5.74, 6) is 3.26. The maximum absolute atomic E-state index is 2.43. The fourth-order valence-electron chi connectivity index (χ4n) is 4.76. The molecule has 0 nitrogen and oxygen atoms in total. The largest absolute Gasteiger partial charge is 0.0805 e. The first-order valence-electron chi connectivity index (χ1n) is 7.50. The molecule has 0 spiro atoms. The molecule has 1 saturated carbocycles. The van der Waals surface area contributed by atoms with Crippen LogP contribution in [0.2, 0.25) is 0 Å². The second kappa shape index (κ2) is 3.12. The standard InChI is InChI=1S/C19H18/c1-10-3-5-12-7-8-13-6-4-11(2)17-15-9-14(15)16(10)18(12)19(13)17/h3-8,10,14-16H,9H2,1-2H3. The highest BCUT2D eigenvalue weighted by Crippen LogP contribution is 2.65. The van der Waals surface area contributed by atoms with Crippen molar-refractivity contribution in [3.05, 3.63) is 52.6 Å². The molecule has 1 fully saturated rings. The molecule has 3 aliphatic carbocycles. The maximum atomic E-state index is 2.43. The summed E-state index contributed by atoms with van der Waals surface area (Å²) in [6.45, 7) is 4.70. The SMILES string of the molecule is Cc1ccc2ccc3c4c2c1C1CC1C4C(C)C=C3. The minimum atomic E-state index is 0.710. The molecule has 2 aromatic carbocycles. The third-order valence-electron chi connectivity index (χ3n) is 5.67. The molecule has 0 saturated heterocycles. The normalized spacial score (nSPS) is 33.4. The summed E-state index contributed by atoms with van der Waals surface area (Å²) in [4.78, 5) is 0. The van der Waals surface area contributed by atoms with Crippen LogP contribution in [0.25, 0.3) is 16.8 Å². The monoisotopic (exact) mass is 246 g/mol. The summed E-state index contributed by atoms with van der Waals surface area (Å²) in [6.07, 6.45) is 6.19. The minimum absolute atomic E-state index is 0.710. The van der Waals surface area contributed by atoms with Crippen LogP contribution in [-0.4, -0.2) is 0 Å². The van der Waals surface area contributed by atoms with E-state index in [9.17, 15) is 0 Å². The highest BCUT2D eigenvalue weighted by atomic mass is 14.5. The molecule has 3 aliphatic rings. The van der Waals surface area contributed by atoms with Crippen LogP contribution in [0.1, 0.15) is 47.4 Å². The Balaban J connectivity index is 2.00. The van der Waals surface area contributed by atoms with Gasteiger partial charge in [0.05, 0.1) is 0 Å². The van der Waals surface area contributed by atoms with E-state index in [0.29, 0.717) is 5.92 Å². The molecule has 4 atom stereocenters. The maximum Gasteiger partial charge on any atom is -0.00550 e. The molecule has 0 aliphatic heterocycles. The van der Waals surface area contributed by atoms with E-state index in [2.05, 4.69) is 50.3 Å². The molecule has 19 heavy (non-hydrogen) atoms. The Morgan fingerprint density at radius 3 is 2.79 bits per heavy atom. The van der Waals surface area contributed by atoms with E-state index < -0.39 is 0 Å². The van der Waals surface area contributed by atoms with Crippen molar-refractivity contribution < 1.29 is 0 Å². The lowest BCUT2D eigenvalue weighted by atomic mass is 9.70. The molecular weight excluding hydrogens is 228 g/mol. The number of hydrogen-bond donors (Lipinski definition) is 0. The van der Waals surface area contributed by atoms with Gasteiger partial charge in [-0.2, -0.15) is 0 Å². The van der Waals surface area contributed by atoms with Crippen LogP contribution in [0.4, 0.5) is 0 Å². The van der Waals surface area contributed by atoms with E-state index in [1.807, 2.05) is 0 Å². The lowest BCUT2D eigenvalue weighted by molar-refractivity contribution is 0.474. The van der Waals surface area contributed by atoms with Gasteiger partial charge in [0.2, 0.25) is 0 Å². The molecule has 0 radical (unpaired) electrons. The minimum Gasteiger partial charge on any atom is -0.0805 e. The second-order valence-corrected chi connectivity index (χ2v) is 6.71. The van der Waals surface area contributed by atoms with Gasteiger partial charge in [-0.05, 0) is 70.0 Å². The van der Waals surface area contributed by atoms with Gasteiger partial charge < -0.3 is 0 Å². The van der Waals surface area contributed by atoms with Crippen LogP contribution in [0, 0.1) is 18.8 Å². The predicted octanol–water partition coefficient (Wildman–Crippen LogP) is 5.01. The van der Waals surface area contributed by atoms with Crippen molar-refractivity contribution in [2.24, 2.45) is 11.8 Å². The fraction of sp³-hybridized carbons (Fsp3) is 0.368. The van der Waals surface area contributed by atoms with E-state index >= 15 is 0 Å². The summed E-state index contributed by atoms with van der Waals surface area (Å²) in [7, 11) is 0. The molecule has 0 aromatic heterocycles. The molecule has 0 heterocycles. The lowest BCUT2D eigenvalue weighted by Gasteiger charge is -2.34. The van der Waals surface area contributed by atoms with Crippen molar-refractivity contribution in [3.63, 3.8) is 0 Å². The smallest absolute Gasteiger partial charge is 0.00550 e. The Morgan fingerprint density at radius 2 is 1.89 bits per heavy atom. The number of rotatable bonds is 0. The Hall–Kier alpha value is -1.56. The molecule has 5 rings (SSSR count). The topological polar surface area (TPSA) is 0 Å². The van der Waals surface area contributed by atoms with Crippen molar-refractivity contribution in [2.45, 2.75) is 32.1 Å². The van der Waals surface area contributed by atoms with Gasteiger partial charge in [0.15, 0.2) is 0 Å². The highest BCUT2D eigenvalue weighted by Gasteiger charge is 2.51. The van der Waals surface area contributed by atoms with Gasteiger partial charge in [-0.3, -0.25) is 0 Å². The zero-order chi connectivity index (χ0) is 12.7. The molecule has 0 bridgehead atoms. The number of fused-ring (bicyclic) bond motifs is 3. The van der Waals surface area contributed by atoms with Crippen molar-refractivity contribution in [1.82, 2.24) is 0 Å². The van der Waals surface area contributed by atoms with E-state index in [-0.39, 0.29) is 0 Å². The van der Waals surface area contributed by atoms with Crippen LogP contribution >= 0.6 is 0 Å². The summed E-state index contributed by atoms with van der Waals surface area (Å²) < 4.78 is 0. The summed E-state index contributed by atoms with van der Waals surface area (Å²) >= 11 is 0. The van der Waals surface area contributed by atoms with Crippen LogP contribution in [0.5, 0.6) is 0 Å². The van der Waals surface area contributed by atoms with Gasteiger partial charge in [0.1, 0.15) is 0 Å². The number of allylic oxidation sites excluding steroid dienone is 1. The summed E-state index contributed by atoms with van der Waals surface area (Å²) in [5, 5.41) is 3.06. The molecule has 0 N–H and O–H groups in total. The number of aryl methyl sites for hydroxylation is 1. The van der Waals surface area contributed by atoms with Crippen molar-refractivity contribution in [1.29, 1.82) is 0 Å². The first-order valence-corrected chi connectivity index (χ1v) is 7.50. The summed E-state index contributed by atoms with van der Waals surface area (Å²) in [6, 6.07) is 9.28. The van der Waals surface area contributed by atoms with Gasteiger partial charge in [-0.15, -0.1) is 0 Å². The zero-order valence-electron chi connectivity index (χ0n) is 11.5. The predicted molar refractivity (Wildman–Crippen MR) is 80.5 cm³/mol. The quantitative estimate of drug-likeness (QED) is 0.613. The molecule has 94 valence electrons. The highest BCUT2D eigenvalue weighted by molar-refractivity contribution is 5.95. The number of hydrogen-bond acceptors (Lipinski definition) is 0. The molecule has 0 heteroatoms. The fourth-order valence-corrected chi connectivity index (χ4v) is 4.76. The Bertz CT molecular complexity index is 750. The molecule has 2 aromatic rings. The van der Waals surface area contributed by atoms with Crippen molar-refractivity contribution >= 4 is 16.8 Å². The average molecular weight is 246 g/mol. The summed E-state index contributed by atoms with van der Waals surface area (Å²) in [5.41, 5.74) is 6.34. The Kier molecular flexibility index (Phi) is 1.68. The first kappa shape index (κ1) is 10.3. The van der Waals surface area contributed by atoms with Gasteiger partial charge in [0.25, 0.3) is 0 Å². The van der Waals surface area contributed by atoms with Crippen LogP contribution in [0.15, 0.2) is 30.3 Å². The van der Waals surface area contributed by atoms with Gasteiger partial charge in [-0.25, -0.2) is 0 Å². The molecule has 4 unspecified atom stereocenters. The second-order valence-electron chi connectivity index (χ2n) is 6.71. The molecular formula is C19H18. The van der Waals surface area contributed by atoms with E-state index in [1.54, 1.807) is 16.5 Å². The zero-order valence-corrected chi connectivity index (χ0v) is 11.5. The van der Waals surface area contributed by atoms with Crippen LogP contribution in [0.3, 0.4) is 0 Å². The Labute approximate surface area is 114 Å². The van der Waals surface area contributed by atoms with Gasteiger partial charge in [0, 0.05) is 0 Å². The van der Waals surface area contributed by atoms with Gasteiger partial charge in [-0.1, -0.05) is 43.3 Å². The van der Waals surface area contributed by atoms with E-state index in [0.717, 1.165) is 17.8 Å². The van der Waals surface area contributed by atoms with Crippen molar-refractivity contribution in [2.75, 3.05) is 0 Å². The van der Waals surface area contributed by atoms with E-state index in [1.165, 1.54) is 22.9 Å². The molecule has 0 amide bonds. The lowest BCUT2D eigenvalue weighted by Crippen LogP contribution is -2.19. The van der Waals surface area contributed by atoms with Crippen LogP contribution in [-0.2, 0) is 0 Å². The van der Waals surface area contributed by atoms with Crippen molar-refractivity contribution in [3.8, 4) is 0 Å². The van der Waals surface area contributed by atoms with Crippen LogP contribution < -0.4 is 0 Å². The average Bonchev–Trinajstić information content (AvgIpc) is 3.19. The first-order chi connectivity index (χ1) is 9.25.